The van der Waals surface area contributed by atoms with Crippen LogP contribution in [0.15, 0.2) is 54.0 Å². The lowest BCUT2D eigenvalue weighted by molar-refractivity contribution is 1.13. The average Bonchev–Trinajstić information content (AvgIpc) is 3.03. The minimum atomic E-state index is 0.845. The van der Waals surface area contributed by atoms with Gasteiger partial charge in [-0.1, -0.05) is 18.2 Å². The molecule has 2 aromatic carbocycles. The van der Waals surface area contributed by atoms with Gasteiger partial charge in [0.25, 0.3) is 0 Å². The number of anilines is 1. The van der Waals surface area contributed by atoms with Crippen LogP contribution in [-0.2, 0) is 6.54 Å². The quantitative estimate of drug-likeness (QED) is 0.729. The van der Waals surface area contributed by atoms with E-state index in [2.05, 4.69) is 66.6 Å². The van der Waals surface area contributed by atoms with Crippen LogP contribution in [-0.4, -0.2) is 4.98 Å². The molecule has 0 unspecified atom stereocenters. The largest absolute Gasteiger partial charge is 0.381 e. The molecule has 0 saturated heterocycles. The third-order valence-electron chi connectivity index (χ3n) is 3.63. The van der Waals surface area contributed by atoms with Crippen LogP contribution >= 0.6 is 11.3 Å². The van der Waals surface area contributed by atoms with Gasteiger partial charge in [0.05, 0.1) is 0 Å². The number of aromatic nitrogens is 1. The first-order valence-corrected chi connectivity index (χ1v) is 7.90. The Morgan fingerprint density at radius 3 is 2.48 bits per heavy atom. The zero-order chi connectivity index (χ0) is 14.7. The van der Waals surface area contributed by atoms with Gasteiger partial charge in [-0.25, -0.2) is 4.98 Å². The lowest BCUT2D eigenvalue weighted by Gasteiger charge is -2.09. The first-order valence-electron chi connectivity index (χ1n) is 7.02. The number of benzene rings is 2. The number of nitrogens with zero attached hydrogens (tertiary/aromatic N) is 1. The first-order chi connectivity index (χ1) is 10.2. The van der Waals surface area contributed by atoms with Crippen LogP contribution in [0.4, 0.5) is 5.69 Å². The van der Waals surface area contributed by atoms with Crippen LogP contribution in [0.5, 0.6) is 0 Å². The molecule has 0 amide bonds. The third-order valence-corrected chi connectivity index (χ3v) is 4.45. The van der Waals surface area contributed by atoms with Gasteiger partial charge in [0.1, 0.15) is 5.01 Å². The van der Waals surface area contributed by atoms with Crippen LogP contribution < -0.4 is 5.32 Å². The predicted octanol–water partition coefficient (Wildman–Crippen LogP) is 5.04. The molecule has 0 bridgehead atoms. The topological polar surface area (TPSA) is 24.9 Å². The molecule has 21 heavy (non-hydrogen) atoms. The van der Waals surface area contributed by atoms with Crippen molar-refractivity contribution in [1.29, 1.82) is 0 Å². The highest BCUT2D eigenvalue weighted by atomic mass is 32.1. The predicted molar refractivity (Wildman–Crippen MR) is 90.8 cm³/mol. The fourth-order valence-corrected chi connectivity index (χ4v) is 2.86. The molecule has 0 spiro atoms. The van der Waals surface area contributed by atoms with Gasteiger partial charge in [-0.15, -0.1) is 11.3 Å². The number of thiazole rings is 1. The second kappa shape index (κ2) is 6.10. The van der Waals surface area contributed by atoms with Crippen molar-refractivity contribution in [3.8, 4) is 10.6 Å². The Hall–Kier alpha value is -2.13. The normalized spacial score (nSPS) is 10.6. The third kappa shape index (κ3) is 3.31. The Bertz CT molecular complexity index is 715. The van der Waals surface area contributed by atoms with Gasteiger partial charge in [-0.2, -0.15) is 0 Å². The molecule has 106 valence electrons. The van der Waals surface area contributed by atoms with Gasteiger partial charge in [0.2, 0.25) is 0 Å². The van der Waals surface area contributed by atoms with E-state index in [0.717, 1.165) is 17.2 Å². The van der Waals surface area contributed by atoms with Crippen molar-refractivity contribution in [1.82, 2.24) is 4.98 Å². The molecular formula is C18H18N2S. The van der Waals surface area contributed by atoms with Crippen molar-refractivity contribution < 1.29 is 0 Å². The standard InChI is InChI=1S/C18H18N2S/c1-13-3-4-15(11-14(13)2)12-20-17-7-5-16(6-8-17)18-19-9-10-21-18/h3-11,20H,12H2,1-2H3. The summed E-state index contributed by atoms with van der Waals surface area (Å²) in [7, 11) is 0. The van der Waals surface area contributed by atoms with Gasteiger partial charge in [-0.05, 0) is 54.8 Å². The molecule has 1 aromatic heterocycles. The van der Waals surface area contributed by atoms with Crippen molar-refractivity contribution in [2.45, 2.75) is 20.4 Å². The van der Waals surface area contributed by atoms with E-state index >= 15 is 0 Å². The van der Waals surface area contributed by atoms with Crippen molar-refractivity contribution in [2.75, 3.05) is 5.32 Å². The van der Waals surface area contributed by atoms with Crippen molar-refractivity contribution in [3.05, 3.63) is 70.7 Å². The van der Waals surface area contributed by atoms with Crippen molar-refractivity contribution in [3.63, 3.8) is 0 Å². The molecule has 0 aliphatic carbocycles. The maximum Gasteiger partial charge on any atom is 0.123 e. The summed E-state index contributed by atoms with van der Waals surface area (Å²) in [6.07, 6.45) is 1.84. The molecule has 1 heterocycles. The number of nitrogens with one attached hydrogen (secondary N) is 1. The highest BCUT2D eigenvalue weighted by Crippen LogP contribution is 2.23. The number of hydrogen-bond donors (Lipinski definition) is 1. The van der Waals surface area contributed by atoms with Crippen LogP contribution in [0.3, 0.4) is 0 Å². The molecule has 0 radical (unpaired) electrons. The summed E-state index contributed by atoms with van der Waals surface area (Å²) in [5, 5.41) is 6.53. The Balaban J connectivity index is 1.66. The number of hydrogen-bond acceptors (Lipinski definition) is 3. The van der Waals surface area contributed by atoms with Gasteiger partial charge in [-0.3, -0.25) is 0 Å². The smallest absolute Gasteiger partial charge is 0.123 e. The summed E-state index contributed by atoms with van der Waals surface area (Å²) in [6.45, 7) is 5.14. The van der Waals surface area contributed by atoms with Crippen LogP contribution in [0, 0.1) is 13.8 Å². The first kappa shape index (κ1) is 13.8. The van der Waals surface area contributed by atoms with E-state index in [4.69, 9.17) is 0 Å². The zero-order valence-electron chi connectivity index (χ0n) is 12.3. The van der Waals surface area contributed by atoms with E-state index in [1.807, 2.05) is 11.6 Å². The summed E-state index contributed by atoms with van der Waals surface area (Å²) >= 11 is 1.66. The molecular weight excluding hydrogens is 276 g/mol. The lowest BCUT2D eigenvalue weighted by atomic mass is 10.1. The Kier molecular flexibility index (Phi) is 4.02. The molecule has 3 rings (SSSR count). The summed E-state index contributed by atoms with van der Waals surface area (Å²) < 4.78 is 0. The molecule has 0 aliphatic rings. The SMILES string of the molecule is Cc1ccc(CNc2ccc(-c3nccs3)cc2)cc1C. The van der Waals surface area contributed by atoms with Crippen LogP contribution in [0.2, 0.25) is 0 Å². The average molecular weight is 294 g/mol. The molecule has 0 aliphatic heterocycles. The van der Waals surface area contributed by atoms with Gasteiger partial charge < -0.3 is 5.32 Å². The van der Waals surface area contributed by atoms with Gasteiger partial charge in [0, 0.05) is 29.4 Å². The van der Waals surface area contributed by atoms with E-state index in [9.17, 15) is 0 Å². The van der Waals surface area contributed by atoms with Gasteiger partial charge in [0.15, 0.2) is 0 Å². The highest BCUT2D eigenvalue weighted by molar-refractivity contribution is 7.13. The van der Waals surface area contributed by atoms with E-state index < -0.39 is 0 Å². The van der Waals surface area contributed by atoms with E-state index in [-0.39, 0.29) is 0 Å². The van der Waals surface area contributed by atoms with Crippen LogP contribution in [0.1, 0.15) is 16.7 Å². The Morgan fingerprint density at radius 2 is 1.81 bits per heavy atom. The fraction of sp³-hybridized carbons (Fsp3) is 0.167. The Labute approximate surface area is 129 Å². The molecule has 3 aromatic rings. The summed E-state index contributed by atoms with van der Waals surface area (Å²) in [4.78, 5) is 4.33. The van der Waals surface area contributed by atoms with Crippen LogP contribution in [0.25, 0.3) is 10.6 Å². The second-order valence-electron chi connectivity index (χ2n) is 5.19. The number of aryl methyl sites for hydroxylation is 2. The molecule has 1 N–H and O–H groups in total. The zero-order valence-corrected chi connectivity index (χ0v) is 13.1. The minimum Gasteiger partial charge on any atom is -0.381 e. The summed E-state index contributed by atoms with van der Waals surface area (Å²) in [6, 6.07) is 15.0. The molecule has 0 atom stereocenters. The van der Waals surface area contributed by atoms with Crippen molar-refractivity contribution >= 4 is 17.0 Å². The summed E-state index contributed by atoms with van der Waals surface area (Å²) in [5.41, 5.74) is 6.29. The monoisotopic (exact) mass is 294 g/mol. The second-order valence-corrected chi connectivity index (χ2v) is 6.08. The minimum absolute atomic E-state index is 0.845. The molecule has 0 fully saturated rings. The Morgan fingerprint density at radius 1 is 1.00 bits per heavy atom. The van der Waals surface area contributed by atoms with Gasteiger partial charge >= 0.3 is 0 Å². The maximum atomic E-state index is 4.33. The van der Waals surface area contributed by atoms with Crippen molar-refractivity contribution in [2.24, 2.45) is 0 Å². The highest BCUT2D eigenvalue weighted by Gasteiger charge is 2.01. The van der Waals surface area contributed by atoms with E-state index in [0.29, 0.717) is 0 Å². The number of rotatable bonds is 4. The summed E-state index contributed by atoms with van der Waals surface area (Å²) in [5.74, 6) is 0. The van der Waals surface area contributed by atoms with E-state index in [1.165, 1.54) is 22.3 Å². The maximum absolute atomic E-state index is 4.33. The lowest BCUT2D eigenvalue weighted by Crippen LogP contribution is -1.99. The molecule has 0 saturated carbocycles. The molecule has 3 heteroatoms. The molecule has 2 nitrogen and oxygen atoms in total. The fourth-order valence-electron chi connectivity index (χ4n) is 2.21. The van der Waals surface area contributed by atoms with E-state index in [1.54, 1.807) is 11.3 Å².